The van der Waals surface area contributed by atoms with Gasteiger partial charge in [0.1, 0.15) is 5.82 Å². The van der Waals surface area contributed by atoms with Gasteiger partial charge in [-0.1, -0.05) is 30.3 Å². The fourth-order valence-electron chi connectivity index (χ4n) is 3.99. The van der Waals surface area contributed by atoms with Gasteiger partial charge in [-0.05, 0) is 12.8 Å². The number of nitrogens with one attached hydrogen (secondary N) is 1. The number of anilines is 1. The molecule has 2 aromatic heterocycles. The van der Waals surface area contributed by atoms with Crippen LogP contribution in [0.15, 0.2) is 48.7 Å². The molecular formula is C18H19N5. The van der Waals surface area contributed by atoms with Gasteiger partial charge in [0.05, 0.1) is 11.9 Å². The number of fused-ring (bicyclic) bond motifs is 3. The first-order valence-corrected chi connectivity index (χ1v) is 8.29. The summed E-state index contributed by atoms with van der Waals surface area (Å²) in [6.45, 7) is 2.12. The van der Waals surface area contributed by atoms with Crippen LogP contribution in [0.4, 0.5) is 5.82 Å². The van der Waals surface area contributed by atoms with Crippen LogP contribution >= 0.6 is 0 Å². The quantitative estimate of drug-likeness (QED) is 0.789. The van der Waals surface area contributed by atoms with Crippen LogP contribution in [0.5, 0.6) is 0 Å². The molecule has 2 atom stereocenters. The highest BCUT2D eigenvalue weighted by Gasteiger charge is 2.38. The Bertz CT molecular complexity index is 825. The second-order valence-corrected chi connectivity index (χ2v) is 6.42. The smallest absolute Gasteiger partial charge is 0.157 e. The van der Waals surface area contributed by atoms with E-state index in [1.54, 1.807) is 0 Å². The molecule has 0 aliphatic carbocycles. The SMILES string of the molecule is c1ccc(-c2cc(N3[C@@H]4CC[C@H]3CNC4)n3nccc3n2)cc1. The third kappa shape index (κ3) is 2.04. The van der Waals surface area contributed by atoms with Crippen LogP contribution in [0.1, 0.15) is 12.8 Å². The Morgan fingerprint density at radius 3 is 2.57 bits per heavy atom. The van der Waals surface area contributed by atoms with Crippen molar-refractivity contribution in [3.05, 3.63) is 48.7 Å². The molecule has 5 rings (SSSR count). The molecule has 3 aromatic rings. The maximum absolute atomic E-state index is 4.79. The molecular weight excluding hydrogens is 286 g/mol. The zero-order valence-electron chi connectivity index (χ0n) is 12.9. The summed E-state index contributed by atoms with van der Waals surface area (Å²) in [5.41, 5.74) is 3.09. The van der Waals surface area contributed by atoms with Gasteiger partial charge in [-0.25, -0.2) is 4.98 Å². The van der Waals surface area contributed by atoms with Gasteiger partial charge in [0.25, 0.3) is 0 Å². The highest BCUT2D eigenvalue weighted by molar-refractivity contribution is 5.67. The maximum Gasteiger partial charge on any atom is 0.157 e. The van der Waals surface area contributed by atoms with Crippen LogP contribution in [0, 0.1) is 0 Å². The Balaban J connectivity index is 1.69. The van der Waals surface area contributed by atoms with E-state index in [4.69, 9.17) is 4.98 Å². The molecule has 2 aliphatic heterocycles. The maximum atomic E-state index is 4.79. The van der Waals surface area contributed by atoms with Gasteiger partial charge < -0.3 is 10.2 Å². The van der Waals surface area contributed by atoms with E-state index < -0.39 is 0 Å². The predicted octanol–water partition coefficient (Wildman–Crippen LogP) is 2.34. The fourth-order valence-corrected chi connectivity index (χ4v) is 3.99. The first-order valence-electron chi connectivity index (χ1n) is 8.29. The van der Waals surface area contributed by atoms with Crippen molar-refractivity contribution in [2.75, 3.05) is 18.0 Å². The van der Waals surface area contributed by atoms with E-state index in [0.717, 1.165) is 30.0 Å². The van der Waals surface area contributed by atoms with Crippen molar-refractivity contribution in [2.24, 2.45) is 0 Å². The van der Waals surface area contributed by atoms with Crippen LogP contribution in [-0.2, 0) is 0 Å². The monoisotopic (exact) mass is 305 g/mol. The van der Waals surface area contributed by atoms with E-state index in [1.807, 2.05) is 22.8 Å². The summed E-state index contributed by atoms with van der Waals surface area (Å²) in [5, 5.41) is 8.07. The van der Waals surface area contributed by atoms with Gasteiger partial charge in [-0.2, -0.15) is 9.61 Å². The average molecular weight is 305 g/mol. The third-order valence-electron chi connectivity index (χ3n) is 5.05. The summed E-state index contributed by atoms with van der Waals surface area (Å²) < 4.78 is 1.99. The molecule has 5 heteroatoms. The molecule has 0 spiro atoms. The molecule has 4 heterocycles. The normalized spacial score (nSPS) is 23.6. The third-order valence-corrected chi connectivity index (χ3v) is 5.05. The topological polar surface area (TPSA) is 45.5 Å². The lowest BCUT2D eigenvalue weighted by molar-refractivity contribution is 0.478. The Kier molecular flexibility index (Phi) is 2.88. The molecule has 0 amide bonds. The number of aromatic nitrogens is 3. The van der Waals surface area contributed by atoms with E-state index in [0.29, 0.717) is 12.1 Å². The largest absolute Gasteiger partial charge is 0.348 e. The number of hydrogen-bond acceptors (Lipinski definition) is 4. The summed E-state index contributed by atoms with van der Waals surface area (Å²) in [5.74, 6) is 1.17. The van der Waals surface area contributed by atoms with Gasteiger partial charge >= 0.3 is 0 Å². The van der Waals surface area contributed by atoms with Crippen LogP contribution in [0.3, 0.4) is 0 Å². The van der Waals surface area contributed by atoms with Crippen molar-refractivity contribution in [3.63, 3.8) is 0 Å². The van der Waals surface area contributed by atoms with Crippen LogP contribution in [0.2, 0.25) is 0 Å². The summed E-state index contributed by atoms with van der Waals surface area (Å²) in [6.07, 6.45) is 4.34. The van der Waals surface area contributed by atoms with E-state index >= 15 is 0 Å². The van der Waals surface area contributed by atoms with Gasteiger partial charge in [-0.15, -0.1) is 0 Å². The lowest BCUT2D eigenvalue weighted by Crippen LogP contribution is -2.52. The second-order valence-electron chi connectivity index (χ2n) is 6.42. The minimum atomic E-state index is 0.562. The lowest BCUT2D eigenvalue weighted by Gasteiger charge is -2.37. The molecule has 2 saturated heterocycles. The van der Waals surface area contributed by atoms with E-state index in [2.05, 4.69) is 45.6 Å². The highest BCUT2D eigenvalue weighted by atomic mass is 15.4. The Morgan fingerprint density at radius 2 is 1.78 bits per heavy atom. The highest BCUT2D eigenvalue weighted by Crippen LogP contribution is 2.34. The average Bonchev–Trinajstić information content (AvgIpc) is 3.17. The first-order chi connectivity index (χ1) is 11.4. The van der Waals surface area contributed by atoms with Crippen LogP contribution < -0.4 is 10.2 Å². The van der Waals surface area contributed by atoms with E-state index in [-0.39, 0.29) is 0 Å². The number of hydrogen-bond donors (Lipinski definition) is 1. The minimum absolute atomic E-state index is 0.562. The molecule has 0 unspecified atom stereocenters. The lowest BCUT2D eigenvalue weighted by atomic mass is 10.1. The number of piperazine rings is 1. The van der Waals surface area contributed by atoms with Crippen LogP contribution in [-0.4, -0.2) is 39.8 Å². The molecule has 2 fully saturated rings. The van der Waals surface area contributed by atoms with Gasteiger partial charge in [0.2, 0.25) is 0 Å². The molecule has 2 bridgehead atoms. The Labute approximate surface area is 135 Å². The molecule has 2 aliphatic rings. The van der Waals surface area contributed by atoms with Crippen molar-refractivity contribution < 1.29 is 0 Å². The number of rotatable bonds is 2. The first kappa shape index (κ1) is 13.1. The van der Waals surface area contributed by atoms with Crippen molar-refractivity contribution in [1.82, 2.24) is 19.9 Å². The summed E-state index contributed by atoms with van der Waals surface area (Å²) >= 11 is 0. The van der Waals surface area contributed by atoms with Crippen molar-refractivity contribution in [2.45, 2.75) is 24.9 Å². The molecule has 1 aromatic carbocycles. The molecule has 0 radical (unpaired) electrons. The van der Waals surface area contributed by atoms with Gasteiger partial charge in [-0.3, -0.25) is 0 Å². The molecule has 5 nitrogen and oxygen atoms in total. The van der Waals surface area contributed by atoms with Crippen molar-refractivity contribution in [1.29, 1.82) is 0 Å². The number of benzene rings is 1. The molecule has 0 saturated carbocycles. The molecule has 23 heavy (non-hydrogen) atoms. The van der Waals surface area contributed by atoms with Crippen molar-refractivity contribution in [3.8, 4) is 11.3 Å². The second kappa shape index (κ2) is 5.06. The van der Waals surface area contributed by atoms with E-state index in [9.17, 15) is 0 Å². The zero-order chi connectivity index (χ0) is 15.2. The van der Waals surface area contributed by atoms with Crippen molar-refractivity contribution >= 4 is 11.5 Å². The number of nitrogens with zero attached hydrogens (tertiary/aromatic N) is 4. The predicted molar refractivity (Wildman–Crippen MR) is 90.6 cm³/mol. The summed E-state index contributed by atoms with van der Waals surface area (Å²) in [4.78, 5) is 7.35. The zero-order valence-corrected chi connectivity index (χ0v) is 12.9. The van der Waals surface area contributed by atoms with E-state index in [1.165, 1.54) is 18.7 Å². The fraction of sp³-hybridized carbons (Fsp3) is 0.333. The Morgan fingerprint density at radius 1 is 1.00 bits per heavy atom. The minimum Gasteiger partial charge on any atom is -0.348 e. The Hall–Kier alpha value is -2.40. The molecule has 116 valence electrons. The summed E-state index contributed by atoms with van der Waals surface area (Å²) in [7, 11) is 0. The van der Waals surface area contributed by atoms with Crippen LogP contribution in [0.25, 0.3) is 16.9 Å². The molecule has 1 N–H and O–H groups in total. The summed E-state index contributed by atoms with van der Waals surface area (Å²) in [6, 6.07) is 15.7. The van der Waals surface area contributed by atoms with Gasteiger partial charge in [0, 0.05) is 42.9 Å². The van der Waals surface area contributed by atoms with Gasteiger partial charge in [0.15, 0.2) is 5.65 Å². The standard InChI is InChI=1S/C18H19N5/c1-2-4-13(5-3-1)16-10-18(23-17(21-16)8-9-20-23)22-14-6-7-15(22)12-19-11-14/h1-5,8-10,14-15,19H,6-7,11-12H2/t14-,15+.